The van der Waals surface area contributed by atoms with Crippen molar-refractivity contribution in [3.63, 3.8) is 0 Å². The smallest absolute Gasteiger partial charge is 0.157 e. The Hall–Kier alpha value is -3.40. The molecule has 0 aliphatic carbocycles. The van der Waals surface area contributed by atoms with Crippen LogP contribution in [-0.2, 0) is 0 Å². The minimum atomic E-state index is 0.687. The number of nitrogens with one attached hydrogen (secondary N) is 1. The van der Waals surface area contributed by atoms with Crippen molar-refractivity contribution in [2.24, 2.45) is 5.16 Å². The standard InChI is InChI=1S/C20H15N3O/c1-3-7-15(8-4-1)19(23-24-17-9-5-2-6-10-17)18-12-11-16-13-14-21-20(16)22-18/h1-14H,(H,21,22). The van der Waals surface area contributed by atoms with E-state index in [-0.39, 0.29) is 0 Å². The maximum absolute atomic E-state index is 5.61. The molecule has 4 aromatic rings. The van der Waals surface area contributed by atoms with Gasteiger partial charge < -0.3 is 9.82 Å². The van der Waals surface area contributed by atoms with Crippen LogP contribution in [0.4, 0.5) is 0 Å². The van der Waals surface area contributed by atoms with E-state index in [1.54, 1.807) is 0 Å². The minimum Gasteiger partial charge on any atom is -0.356 e. The van der Waals surface area contributed by atoms with E-state index in [0.717, 1.165) is 22.3 Å². The molecular weight excluding hydrogens is 298 g/mol. The van der Waals surface area contributed by atoms with E-state index in [9.17, 15) is 0 Å². The molecule has 0 atom stereocenters. The highest BCUT2D eigenvalue weighted by Gasteiger charge is 2.11. The first-order valence-electron chi connectivity index (χ1n) is 7.70. The first-order valence-corrected chi connectivity index (χ1v) is 7.70. The molecule has 24 heavy (non-hydrogen) atoms. The molecule has 0 saturated heterocycles. The Labute approximate surface area is 139 Å². The van der Waals surface area contributed by atoms with Gasteiger partial charge in [0.2, 0.25) is 0 Å². The maximum atomic E-state index is 5.61. The van der Waals surface area contributed by atoms with Gasteiger partial charge in [-0.3, -0.25) is 0 Å². The zero-order chi connectivity index (χ0) is 16.2. The average molecular weight is 313 g/mol. The number of aromatic nitrogens is 2. The lowest BCUT2D eigenvalue weighted by Crippen LogP contribution is -2.07. The molecule has 0 aliphatic heterocycles. The van der Waals surface area contributed by atoms with Crippen molar-refractivity contribution < 1.29 is 4.84 Å². The van der Waals surface area contributed by atoms with Gasteiger partial charge in [0.05, 0.1) is 5.69 Å². The van der Waals surface area contributed by atoms with Crippen molar-refractivity contribution in [2.75, 3.05) is 0 Å². The molecule has 0 amide bonds. The van der Waals surface area contributed by atoms with Crippen molar-refractivity contribution in [3.05, 3.63) is 96.3 Å². The number of pyridine rings is 1. The van der Waals surface area contributed by atoms with Crippen molar-refractivity contribution in [3.8, 4) is 5.75 Å². The summed E-state index contributed by atoms with van der Waals surface area (Å²) in [5.41, 5.74) is 3.23. The van der Waals surface area contributed by atoms with E-state index in [1.165, 1.54) is 0 Å². The highest BCUT2D eigenvalue weighted by molar-refractivity contribution is 6.12. The molecule has 1 N–H and O–H groups in total. The summed E-state index contributed by atoms with van der Waals surface area (Å²) in [6.45, 7) is 0. The van der Waals surface area contributed by atoms with Crippen molar-refractivity contribution >= 4 is 16.7 Å². The number of hydrogen-bond acceptors (Lipinski definition) is 3. The number of fused-ring (bicyclic) bond motifs is 1. The Balaban J connectivity index is 1.77. The van der Waals surface area contributed by atoms with E-state index in [1.807, 2.05) is 85.1 Å². The Kier molecular flexibility index (Phi) is 3.78. The van der Waals surface area contributed by atoms with Gasteiger partial charge in [-0.05, 0) is 30.3 Å². The first-order chi connectivity index (χ1) is 11.9. The summed E-state index contributed by atoms with van der Waals surface area (Å²) in [4.78, 5) is 13.4. The van der Waals surface area contributed by atoms with E-state index < -0.39 is 0 Å². The first kappa shape index (κ1) is 14.2. The van der Waals surface area contributed by atoms with Crippen LogP contribution in [0.3, 0.4) is 0 Å². The Morgan fingerprint density at radius 2 is 1.58 bits per heavy atom. The third kappa shape index (κ3) is 2.90. The third-order valence-electron chi connectivity index (χ3n) is 3.68. The second-order valence-corrected chi connectivity index (χ2v) is 5.32. The molecule has 0 spiro atoms. The lowest BCUT2D eigenvalue weighted by molar-refractivity contribution is 0.342. The van der Waals surface area contributed by atoms with Crippen LogP contribution >= 0.6 is 0 Å². The van der Waals surface area contributed by atoms with Crippen LogP contribution in [0.1, 0.15) is 11.3 Å². The molecule has 0 radical (unpaired) electrons. The number of hydrogen-bond donors (Lipinski definition) is 1. The van der Waals surface area contributed by atoms with Crippen LogP contribution in [0.2, 0.25) is 0 Å². The fourth-order valence-corrected chi connectivity index (χ4v) is 2.49. The second-order valence-electron chi connectivity index (χ2n) is 5.32. The molecule has 4 rings (SSSR count). The van der Waals surface area contributed by atoms with Gasteiger partial charge in [0, 0.05) is 17.1 Å². The Morgan fingerprint density at radius 1 is 0.833 bits per heavy atom. The summed E-state index contributed by atoms with van der Waals surface area (Å²) < 4.78 is 0. The van der Waals surface area contributed by atoms with Crippen LogP contribution in [0, 0.1) is 0 Å². The van der Waals surface area contributed by atoms with Crippen molar-refractivity contribution in [2.45, 2.75) is 0 Å². The quantitative estimate of drug-likeness (QED) is 0.448. The Bertz CT molecular complexity index is 975. The van der Waals surface area contributed by atoms with Crippen LogP contribution < -0.4 is 4.84 Å². The molecule has 0 fully saturated rings. The fourth-order valence-electron chi connectivity index (χ4n) is 2.49. The second kappa shape index (κ2) is 6.38. The number of benzene rings is 2. The topological polar surface area (TPSA) is 50.3 Å². The molecule has 116 valence electrons. The van der Waals surface area contributed by atoms with Crippen LogP contribution in [0.15, 0.2) is 90.2 Å². The fraction of sp³-hybridized carbons (Fsp3) is 0. The number of oxime groups is 1. The Morgan fingerprint density at radius 3 is 2.38 bits per heavy atom. The van der Waals surface area contributed by atoms with E-state index in [2.05, 4.69) is 15.1 Å². The molecule has 4 nitrogen and oxygen atoms in total. The van der Waals surface area contributed by atoms with E-state index in [4.69, 9.17) is 4.84 Å². The summed E-state index contributed by atoms with van der Waals surface area (Å²) in [7, 11) is 0. The van der Waals surface area contributed by atoms with Gasteiger partial charge in [0.1, 0.15) is 11.4 Å². The van der Waals surface area contributed by atoms with Gasteiger partial charge in [-0.25, -0.2) is 4.98 Å². The van der Waals surface area contributed by atoms with Gasteiger partial charge in [-0.1, -0.05) is 53.7 Å². The molecule has 0 unspecified atom stereocenters. The summed E-state index contributed by atoms with van der Waals surface area (Å²) in [5, 5.41) is 5.43. The lowest BCUT2D eigenvalue weighted by atomic mass is 10.1. The lowest BCUT2D eigenvalue weighted by Gasteiger charge is -2.07. The van der Waals surface area contributed by atoms with E-state index in [0.29, 0.717) is 11.5 Å². The zero-order valence-electron chi connectivity index (χ0n) is 12.9. The van der Waals surface area contributed by atoms with Crippen LogP contribution in [0.25, 0.3) is 11.0 Å². The van der Waals surface area contributed by atoms with E-state index >= 15 is 0 Å². The normalized spacial score (nSPS) is 11.6. The van der Waals surface area contributed by atoms with Crippen LogP contribution in [-0.4, -0.2) is 15.7 Å². The number of H-pyrrole nitrogens is 1. The molecule has 0 bridgehead atoms. The van der Waals surface area contributed by atoms with Gasteiger partial charge in [0.25, 0.3) is 0 Å². The largest absolute Gasteiger partial charge is 0.356 e. The molecule has 4 heteroatoms. The molecular formula is C20H15N3O. The monoisotopic (exact) mass is 313 g/mol. The molecule has 2 aromatic carbocycles. The molecule has 0 aliphatic rings. The summed E-state index contributed by atoms with van der Waals surface area (Å²) >= 11 is 0. The minimum absolute atomic E-state index is 0.687. The summed E-state index contributed by atoms with van der Waals surface area (Å²) in [6.07, 6.45) is 1.88. The zero-order valence-corrected chi connectivity index (χ0v) is 12.9. The van der Waals surface area contributed by atoms with Crippen molar-refractivity contribution in [1.82, 2.24) is 9.97 Å². The number of nitrogens with zero attached hydrogens (tertiary/aromatic N) is 2. The maximum Gasteiger partial charge on any atom is 0.157 e. The molecule has 2 aromatic heterocycles. The predicted molar refractivity (Wildman–Crippen MR) is 95.2 cm³/mol. The van der Waals surface area contributed by atoms with Gasteiger partial charge in [-0.15, -0.1) is 0 Å². The van der Waals surface area contributed by atoms with Gasteiger partial charge in [-0.2, -0.15) is 0 Å². The highest BCUT2D eigenvalue weighted by atomic mass is 16.6. The van der Waals surface area contributed by atoms with Crippen molar-refractivity contribution in [1.29, 1.82) is 0 Å². The average Bonchev–Trinajstić information content (AvgIpc) is 3.12. The molecule has 2 heterocycles. The highest BCUT2D eigenvalue weighted by Crippen LogP contribution is 2.16. The number of para-hydroxylation sites is 1. The summed E-state index contributed by atoms with van der Waals surface area (Å²) in [6, 6.07) is 25.4. The summed E-state index contributed by atoms with van der Waals surface area (Å²) in [5.74, 6) is 0.687. The number of rotatable bonds is 4. The third-order valence-corrected chi connectivity index (χ3v) is 3.68. The van der Waals surface area contributed by atoms with Gasteiger partial charge >= 0.3 is 0 Å². The van der Waals surface area contributed by atoms with Crippen LogP contribution in [0.5, 0.6) is 5.75 Å². The SMILES string of the molecule is c1ccc(ON=C(c2ccccc2)c2ccc3cc[nH]c3n2)cc1. The molecule has 0 saturated carbocycles. The van der Waals surface area contributed by atoms with Gasteiger partial charge in [0.15, 0.2) is 5.75 Å². The predicted octanol–water partition coefficient (Wildman–Crippen LogP) is 4.39. The number of aromatic amines is 1.